The molecule has 2 aromatic carbocycles. The van der Waals surface area contributed by atoms with E-state index < -0.39 is 0 Å². The normalized spacial score (nSPS) is 19.4. The molecule has 120 valence electrons. The van der Waals surface area contributed by atoms with Crippen LogP contribution in [-0.4, -0.2) is 36.6 Å². The Morgan fingerprint density at radius 1 is 1.13 bits per heavy atom. The van der Waals surface area contributed by atoms with Crippen molar-refractivity contribution < 1.29 is 9.53 Å². The molecule has 0 aromatic heterocycles. The van der Waals surface area contributed by atoms with E-state index in [0.29, 0.717) is 5.56 Å². The summed E-state index contributed by atoms with van der Waals surface area (Å²) in [6.07, 6.45) is 0.811. The van der Waals surface area contributed by atoms with Gasteiger partial charge in [0.05, 0.1) is 5.56 Å². The summed E-state index contributed by atoms with van der Waals surface area (Å²) in [5.41, 5.74) is 8.00. The van der Waals surface area contributed by atoms with Gasteiger partial charge < -0.3 is 10.5 Å². The predicted octanol–water partition coefficient (Wildman–Crippen LogP) is 2.62. The lowest BCUT2D eigenvalue weighted by Gasteiger charge is -2.21. The van der Waals surface area contributed by atoms with Crippen molar-refractivity contribution >= 4 is 5.97 Å². The van der Waals surface area contributed by atoms with Gasteiger partial charge in [0, 0.05) is 25.7 Å². The summed E-state index contributed by atoms with van der Waals surface area (Å²) in [6.45, 7) is 2.44. The number of nitrogens with two attached hydrogens (primary N) is 1. The molecule has 1 aliphatic heterocycles. The average Bonchev–Trinajstić information content (AvgIpc) is 3.03. The number of nitrogens with zero attached hydrogens (tertiary/aromatic N) is 1. The Morgan fingerprint density at radius 2 is 1.78 bits per heavy atom. The lowest BCUT2D eigenvalue weighted by atomic mass is 10.1. The SMILES string of the molecule is N[C@H](CN1CC[C@H](OC(=O)c2ccccc2)C1)c1ccccc1. The minimum Gasteiger partial charge on any atom is -0.457 e. The molecule has 1 heterocycles. The summed E-state index contributed by atoms with van der Waals surface area (Å²) in [5, 5.41) is 0. The minimum absolute atomic E-state index is 0.0141. The maximum atomic E-state index is 12.1. The van der Waals surface area contributed by atoms with Crippen molar-refractivity contribution in [2.45, 2.75) is 18.6 Å². The Kier molecular flexibility index (Phi) is 5.05. The number of likely N-dealkylation sites (tertiary alicyclic amines) is 1. The molecule has 0 saturated carbocycles. The third-order valence-corrected chi connectivity index (χ3v) is 4.19. The van der Waals surface area contributed by atoms with Crippen LogP contribution in [0, 0.1) is 0 Å². The quantitative estimate of drug-likeness (QED) is 0.863. The summed E-state index contributed by atoms with van der Waals surface area (Å²) in [5.74, 6) is -0.246. The van der Waals surface area contributed by atoms with Crippen LogP contribution in [0.5, 0.6) is 0 Å². The number of ether oxygens (including phenoxy) is 1. The molecule has 1 aliphatic rings. The summed E-state index contributed by atoms with van der Waals surface area (Å²) in [7, 11) is 0. The number of hydrogen-bond donors (Lipinski definition) is 1. The second-order valence-corrected chi connectivity index (χ2v) is 5.96. The molecule has 0 aliphatic carbocycles. The summed E-state index contributed by atoms with van der Waals surface area (Å²) < 4.78 is 5.59. The highest BCUT2D eigenvalue weighted by Gasteiger charge is 2.27. The van der Waals surface area contributed by atoms with E-state index in [0.717, 1.165) is 31.6 Å². The van der Waals surface area contributed by atoms with Crippen LogP contribution in [0.4, 0.5) is 0 Å². The van der Waals surface area contributed by atoms with Crippen LogP contribution in [-0.2, 0) is 4.74 Å². The van der Waals surface area contributed by atoms with Crippen molar-refractivity contribution in [3.63, 3.8) is 0 Å². The van der Waals surface area contributed by atoms with Gasteiger partial charge in [-0.1, -0.05) is 48.5 Å². The zero-order valence-electron chi connectivity index (χ0n) is 13.1. The molecule has 1 saturated heterocycles. The highest BCUT2D eigenvalue weighted by molar-refractivity contribution is 5.89. The van der Waals surface area contributed by atoms with Crippen LogP contribution in [0.3, 0.4) is 0 Å². The Balaban J connectivity index is 1.50. The van der Waals surface area contributed by atoms with Crippen molar-refractivity contribution in [1.29, 1.82) is 0 Å². The van der Waals surface area contributed by atoms with E-state index in [1.165, 1.54) is 0 Å². The maximum absolute atomic E-state index is 12.1. The van der Waals surface area contributed by atoms with Crippen LogP contribution in [0.1, 0.15) is 28.4 Å². The van der Waals surface area contributed by atoms with E-state index in [9.17, 15) is 4.79 Å². The van der Waals surface area contributed by atoms with E-state index >= 15 is 0 Å². The molecule has 0 bridgehead atoms. The monoisotopic (exact) mass is 310 g/mol. The summed E-state index contributed by atoms with van der Waals surface area (Å²) in [6, 6.07) is 19.2. The molecule has 0 amide bonds. The van der Waals surface area contributed by atoms with Crippen LogP contribution in [0.15, 0.2) is 60.7 Å². The number of carbonyl (C=O) groups is 1. The van der Waals surface area contributed by atoms with Crippen molar-refractivity contribution in [2.75, 3.05) is 19.6 Å². The van der Waals surface area contributed by atoms with Crippen LogP contribution >= 0.6 is 0 Å². The maximum Gasteiger partial charge on any atom is 0.338 e. The smallest absolute Gasteiger partial charge is 0.338 e. The molecule has 4 heteroatoms. The molecule has 0 unspecified atom stereocenters. The molecule has 1 fully saturated rings. The number of esters is 1. The Labute approximate surface area is 136 Å². The molecule has 0 radical (unpaired) electrons. The number of hydrogen-bond acceptors (Lipinski definition) is 4. The first-order valence-electron chi connectivity index (χ1n) is 8.01. The van der Waals surface area contributed by atoms with Gasteiger partial charge in [0.15, 0.2) is 0 Å². The molecular formula is C19H22N2O2. The van der Waals surface area contributed by atoms with Crippen LogP contribution in [0.25, 0.3) is 0 Å². The first kappa shape index (κ1) is 15.7. The zero-order valence-corrected chi connectivity index (χ0v) is 13.1. The zero-order chi connectivity index (χ0) is 16.1. The van der Waals surface area contributed by atoms with Gasteiger partial charge in [0.1, 0.15) is 6.10 Å². The second-order valence-electron chi connectivity index (χ2n) is 5.96. The largest absolute Gasteiger partial charge is 0.457 e. The Hall–Kier alpha value is -2.17. The van der Waals surface area contributed by atoms with Gasteiger partial charge in [-0.15, -0.1) is 0 Å². The first-order valence-corrected chi connectivity index (χ1v) is 8.01. The molecule has 4 nitrogen and oxygen atoms in total. The molecular weight excluding hydrogens is 288 g/mol. The Morgan fingerprint density at radius 3 is 2.48 bits per heavy atom. The molecule has 2 atom stereocenters. The van der Waals surface area contributed by atoms with E-state index in [1.54, 1.807) is 12.1 Å². The first-order chi connectivity index (χ1) is 11.2. The summed E-state index contributed by atoms with van der Waals surface area (Å²) in [4.78, 5) is 14.4. The number of benzene rings is 2. The van der Waals surface area contributed by atoms with E-state index in [1.807, 2.05) is 48.5 Å². The highest BCUT2D eigenvalue weighted by atomic mass is 16.5. The second kappa shape index (κ2) is 7.40. The fourth-order valence-corrected chi connectivity index (χ4v) is 2.94. The number of carbonyl (C=O) groups excluding carboxylic acids is 1. The fourth-order valence-electron chi connectivity index (χ4n) is 2.94. The van der Waals surface area contributed by atoms with Gasteiger partial charge in [0.25, 0.3) is 0 Å². The molecule has 2 N–H and O–H groups in total. The molecule has 3 rings (SSSR count). The Bertz CT molecular complexity index is 630. The van der Waals surface area contributed by atoms with Gasteiger partial charge in [-0.3, -0.25) is 4.90 Å². The third-order valence-electron chi connectivity index (χ3n) is 4.19. The lowest BCUT2D eigenvalue weighted by Crippen LogP contribution is -2.32. The topological polar surface area (TPSA) is 55.6 Å². The number of rotatable bonds is 5. The van der Waals surface area contributed by atoms with Gasteiger partial charge in [-0.25, -0.2) is 4.79 Å². The molecule has 23 heavy (non-hydrogen) atoms. The third kappa shape index (κ3) is 4.18. The van der Waals surface area contributed by atoms with Crippen LogP contribution in [0.2, 0.25) is 0 Å². The standard InChI is InChI=1S/C19H22N2O2/c20-18(15-7-3-1-4-8-15)14-21-12-11-17(13-21)23-19(22)16-9-5-2-6-10-16/h1-10,17-18H,11-14,20H2/t17-,18+/m0/s1. The van der Waals surface area contributed by atoms with E-state index in [2.05, 4.69) is 4.90 Å². The van der Waals surface area contributed by atoms with Gasteiger partial charge in [-0.2, -0.15) is 0 Å². The van der Waals surface area contributed by atoms with E-state index in [-0.39, 0.29) is 18.1 Å². The van der Waals surface area contributed by atoms with Crippen molar-refractivity contribution in [3.8, 4) is 0 Å². The lowest BCUT2D eigenvalue weighted by molar-refractivity contribution is 0.0321. The van der Waals surface area contributed by atoms with Crippen molar-refractivity contribution in [2.24, 2.45) is 5.73 Å². The van der Waals surface area contributed by atoms with Crippen LogP contribution < -0.4 is 5.73 Å². The van der Waals surface area contributed by atoms with Gasteiger partial charge in [0.2, 0.25) is 0 Å². The average molecular weight is 310 g/mol. The van der Waals surface area contributed by atoms with Crippen molar-refractivity contribution in [3.05, 3.63) is 71.8 Å². The van der Waals surface area contributed by atoms with Gasteiger partial charge >= 0.3 is 5.97 Å². The van der Waals surface area contributed by atoms with E-state index in [4.69, 9.17) is 10.5 Å². The molecule has 2 aromatic rings. The summed E-state index contributed by atoms with van der Waals surface area (Å²) >= 11 is 0. The fraction of sp³-hybridized carbons (Fsp3) is 0.316. The highest BCUT2D eigenvalue weighted by Crippen LogP contribution is 2.18. The van der Waals surface area contributed by atoms with Gasteiger partial charge in [-0.05, 0) is 24.1 Å². The minimum atomic E-state index is -0.246. The molecule has 0 spiro atoms. The van der Waals surface area contributed by atoms with Crippen molar-refractivity contribution in [1.82, 2.24) is 4.90 Å². The predicted molar refractivity (Wildman–Crippen MR) is 90.1 cm³/mol.